The molecule has 3 rings (SSSR count). The van der Waals surface area contributed by atoms with E-state index in [0.29, 0.717) is 11.3 Å². The number of carbonyl (C=O) groups excluding carboxylic acids is 1. The fourth-order valence-electron chi connectivity index (χ4n) is 2.99. The zero-order valence-corrected chi connectivity index (χ0v) is 15.2. The molecule has 0 aliphatic carbocycles. The van der Waals surface area contributed by atoms with E-state index in [9.17, 15) is 4.79 Å². The highest BCUT2D eigenvalue weighted by atomic mass is 16.5. The fraction of sp³-hybridized carbons (Fsp3) is 0.300. The summed E-state index contributed by atoms with van der Waals surface area (Å²) in [4.78, 5) is 21.3. The van der Waals surface area contributed by atoms with Gasteiger partial charge in [-0.3, -0.25) is 0 Å². The number of primary amides is 1. The number of hydrogen-bond acceptors (Lipinski definition) is 4. The molecule has 26 heavy (non-hydrogen) atoms. The molecule has 6 heteroatoms. The van der Waals surface area contributed by atoms with Gasteiger partial charge in [0, 0.05) is 12.1 Å². The molecule has 0 aliphatic rings. The SMILES string of the molecule is CCN(CC)CCc1ccc(-c2nc3c(OC(N)=O)cccc3[nH]2)cc1. The Kier molecular flexibility index (Phi) is 5.53. The normalized spacial score (nSPS) is 11.2. The van der Waals surface area contributed by atoms with Crippen LogP contribution in [0, 0.1) is 0 Å². The minimum absolute atomic E-state index is 0.355. The van der Waals surface area contributed by atoms with Crippen LogP contribution in [0.1, 0.15) is 19.4 Å². The number of benzene rings is 2. The number of aromatic nitrogens is 2. The van der Waals surface area contributed by atoms with Crippen molar-refractivity contribution in [2.45, 2.75) is 20.3 Å². The molecule has 0 saturated carbocycles. The second-order valence-electron chi connectivity index (χ2n) is 6.13. The van der Waals surface area contributed by atoms with Crippen LogP contribution < -0.4 is 10.5 Å². The predicted octanol–water partition coefficient (Wildman–Crippen LogP) is 3.57. The van der Waals surface area contributed by atoms with Crippen LogP contribution in [0.25, 0.3) is 22.4 Å². The van der Waals surface area contributed by atoms with Gasteiger partial charge in [0.15, 0.2) is 5.75 Å². The van der Waals surface area contributed by atoms with Crippen molar-refractivity contribution in [1.29, 1.82) is 0 Å². The molecule has 136 valence electrons. The number of likely N-dealkylation sites (N-methyl/N-ethyl adjacent to an activating group) is 1. The van der Waals surface area contributed by atoms with Crippen LogP contribution in [0.5, 0.6) is 5.75 Å². The number of rotatable bonds is 7. The highest BCUT2D eigenvalue weighted by Crippen LogP contribution is 2.27. The molecule has 3 N–H and O–H groups in total. The van der Waals surface area contributed by atoms with Crippen LogP contribution in [-0.2, 0) is 6.42 Å². The maximum Gasteiger partial charge on any atom is 0.410 e. The number of aromatic amines is 1. The Balaban J connectivity index is 1.80. The van der Waals surface area contributed by atoms with E-state index >= 15 is 0 Å². The number of imidazole rings is 1. The summed E-state index contributed by atoms with van der Waals surface area (Å²) in [6.45, 7) is 7.58. The third kappa shape index (κ3) is 4.03. The minimum Gasteiger partial charge on any atom is -0.408 e. The first kappa shape index (κ1) is 17.9. The average Bonchev–Trinajstić information content (AvgIpc) is 3.08. The molecular formula is C20H24N4O2. The van der Waals surface area contributed by atoms with Crippen LogP contribution in [0.4, 0.5) is 4.79 Å². The molecule has 2 aromatic carbocycles. The van der Waals surface area contributed by atoms with Gasteiger partial charge in [0.1, 0.15) is 11.3 Å². The number of carbonyl (C=O) groups is 1. The summed E-state index contributed by atoms with van der Waals surface area (Å²) in [5, 5.41) is 0. The molecule has 1 aromatic heterocycles. The summed E-state index contributed by atoms with van der Waals surface area (Å²) in [6, 6.07) is 13.7. The number of ether oxygens (including phenoxy) is 1. The number of amides is 1. The topological polar surface area (TPSA) is 84.2 Å². The molecule has 0 atom stereocenters. The van der Waals surface area contributed by atoms with Crippen LogP contribution in [0.3, 0.4) is 0 Å². The summed E-state index contributed by atoms with van der Waals surface area (Å²) in [6.07, 6.45) is 0.179. The van der Waals surface area contributed by atoms with Gasteiger partial charge in [-0.05, 0) is 37.2 Å². The van der Waals surface area contributed by atoms with Crippen molar-refractivity contribution >= 4 is 17.1 Å². The number of nitrogens with zero attached hydrogens (tertiary/aromatic N) is 2. The monoisotopic (exact) mass is 352 g/mol. The van der Waals surface area contributed by atoms with Gasteiger partial charge in [-0.15, -0.1) is 0 Å². The number of para-hydroxylation sites is 1. The van der Waals surface area contributed by atoms with Gasteiger partial charge < -0.3 is 20.4 Å². The summed E-state index contributed by atoms with van der Waals surface area (Å²) >= 11 is 0. The molecule has 0 spiro atoms. The lowest BCUT2D eigenvalue weighted by molar-refractivity contribution is 0.211. The van der Waals surface area contributed by atoms with Crippen molar-refractivity contribution in [3.63, 3.8) is 0 Å². The van der Waals surface area contributed by atoms with Crippen LogP contribution in [0.2, 0.25) is 0 Å². The van der Waals surface area contributed by atoms with E-state index in [0.717, 1.165) is 43.0 Å². The number of nitrogens with one attached hydrogen (secondary N) is 1. The van der Waals surface area contributed by atoms with E-state index in [1.807, 2.05) is 6.07 Å². The molecule has 0 aliphatic heterocycles. The number of hydrogen-bond donors (Lipinski definition) is 2. The predicted molar refractivity (Wildman–Crippen MR) is 103 cm³/mol. The number of fused-ring (bicyclic) bond motifs is 1. The highest BCUT2D eigenvalue weighted by Gasteiger charge is 2.11. The van der Waals surface area contributed by atoms with Crippen molar-refractivity contribution in [2.75, 3.05) is 19.6 Å². The molecule has 0 radical (unpaired) electrons. The quantitative estimate of drug-likeness (QED) is 0.681. The molecule has 0 unspecified atom stereocenters. The van der Waals surface area contributed by atoms with Crippen LogP contribution >= 0.6 is 0 Å². The Morgan fingerprint density at radius 1 is 1.15 bits per heavy atom. The van der Waals surface area contributed by atoms with E-state index in [4.69, 9.17) is 10.5 Å². The minimum atomic E-state index is -0.848. The molecule has 3 aromatic rings. The van der Waals surface area contributed by atoms with Gasteiger partial charge in [0.25, 0.3) is 0 Å². The Hall–Kier alpha value is -2.86. The third-order valence-corrected chi connectivity index (χ3v) is 4.52. The van der Waals surface area contributed by atoms with E-state index in [1.54, 1.807) is 12.1 Å². The van der Waals surface area contributed by atoms with E-state index < -0.39 is 6.09 Å². The number of H-pyrrole nitrogens is 1. The standard InChI is InChI=1S/C20H24N4O2/c1-3-24(4-2)13-12-14-8-10-15(11-9-14)19-22-16-6-5-7-17(18(16)23-19)26-20(21)25/h5-11H,3-4,12-13H2,1-2H3,(H2,21,25)(H,22,23). The lowest BCUT2D eigenvalue weighted by Gasteiger charge is -2.17. The smallest absolute Gasteiger partial charge is 0.408 e. The summed E-state index contributed by atoms with van der Waals surface area (Å²) in [5.74, 6) is 1.09. The summed E-state index contributed by atoms with van der Waals surface area (Å²) in [5.41, 5.74) is 8.79. The van der Waals surface area contributed by atoms with Crippen molar-refractivity contribution in [3.8, 4) is 17.1 Å². The lowest BCUT2D eigenvalue weighted by atomic mass is 10.1. The van der Waals surface area contributed by atoms with Crippen molar-refractivity contribution in [1.82, 2.24) is 14.9 Å². The van der Waals surface area contributed by atoms with Gasteiger partial charge in [-0.1, -0.05) is 44.2 Å². The Labute approximate surface area is 153 Å². The Bertz CT molecular complexity index is 882. The summed E-state index contributed by atoms with van der Waals surface area (Å²) in [7, 11) is 0. The largest absolute Gasteiger partial charge is 0.410 e. The number of nitrogens with two attached hydrogens (primary N) is 1. The first-order valence-electron chi connectivity index (χ1n) is 8.88. The first-order chi connectivity index (χ1) is 12.6. The van der Waals surface area contributed by atoms with E-state index in [2.05, 4.69) is 53.0 Å². The molecule has 1 heterocycles. The van der Waals surface area contributed by atoms with E-state index in [-0.39, 0.29) is 0 Å². The second kappa shape index (κ2) is 8.01. The zero-order valence-electron chi connectivity index (χ0n) is 15.2. The van der Waals surface area contributed by atoms with Crippen LogP contribution in [0.15, 0.2) is 42.5 Å². The molecule has 6 nitrogen and oxygen atoms in total. The Morgan fingerprint density at radius 2 is 1.88 bits per heavy atom. The van der Waals surface area contributed by atoms with Crippen molar-refractivity contribution < 1.29 is 9.53 Å². The van der Waals surface area contributed by atoms with Crippen molar-refractivity contribution in [2.24, 2.45) is 5.73 Å². The van der Waals surface area contributed by atoms with Gasteiger partial charge in [0.2, 0.25) is 0 Å². The third-order valence-electron chi connectivity index (χ3n) is 4.52. The average molecular weight is 352 g/mol. The molecule has 0 bridgehead atoms. The zero-order chi connectivity index (χ0) is 18.5. The lowest BCUT2D eigenvalue weighted by Crippen LogP contribution is -2.25. The fourth-order valence-corrected chi connectivity index (χ4v) is 2.99. The molecule has 0 fully saturated rings. The van der Waals surface area contributed by atoms with Crippen LogP contribution in [-0.4, -0.2) is 40.6 Å². The Morgan fingerprint density at radius 3 is 2.54 bits per heavy atom. The van der Waals surface area contributed by atoms with Gasteiger partial charge >= 0.3 is 6.09 Å². The van der Waals surface area contributed by atoms with Gasteiger partial charge in [-0.25, -0.2) is 9.78 Å². The van der Waals surface area contributed by atoms with Gasteiger partial charge in [0.05, 0.1) is 5.52 Å². The summed E-state index contributed by atoms with van der Waals surface area (Å²) < 4.78 is 5.02. The van der Waals surface area contributed by atoms with Crippen molar-refractivity contribution in [3.05, 3.63) is 48.0 Å². The molecule has 0 saturated heterocycles. The maximum absolute atomic E-state index is 11.0. The second-order valence-corrected chi connectivity index (χ2v) is 6.13. The van der Waals surface area contributed by atoms with E-state index in [1.165, 1.54) is 5.56 Å². The first-order valence-corrected chi connectivity index (χ1v) is 8.88. The molecule has 1 amide bonds. The van der Waals surface area contributed by atoms with Gasteiger partial charge in [-0.2, -0.15) is 0 Å². The maximum atomic E-state index is 11.0. The molecular weight excluding hydrogens is 328 g/mol. The highest BCUT2D eigenvalue weighted by molar-refractivity contribution is 5.87.